The zero-order valence-corrected chi connectivity index (χ0v) is 17.5. The SMILES string of the molecule is Cc1ccc(C[NH+](C)[C@H](C)C(=O)Nc2cc(S(=O)(=O)N(C)C)ccc2C)o1. The third-order valence-electron chi connectivity index (χ3n) is 4.63. The van der Waals surface area contributed by atoms with Crippen LogP contribution in [0.15, 0.2) is 39.6 Å². The van der Waals surface area contributed by atoms with Gasteiger partial charge in [0, 0.05) is 19.8 Å². The molecule has 8 heteroatoms. The molecule has 0 bridgehead atoms. The number of amides is 1. The van der Waals surface area contributed by atoms with Crippen molar-refractivity contribution in [2.75, 3.05) is 26.5 Å². The molecule has 148 valence electrons. The van der Waals surface area contributed by atoms with Crippen LogP contribution in [0.1, 0.15) is 24.0 Å². The number of rotatable bonds is 7. The maximum absolute atomic E-state index is 12.7. The molecule has 0 saturated carbocycles. The van der Waals surface area contributed by atoms with E-state index in [4.69, 9.17) is 4.42 Å². The quantitative estimate of drug-likeness (QED) is 0.739. The number of hydrogen-bond donors (Lipinski definition) is 2. The highest BCUT2D eigenvalue weighted by atomic mass is 32.2. The van der Waals surface area contributed by atoms with Crippen LogP contribution in [0.4, 0.5) is 5.69 Å². The molecule has 0 aliphatic heterocycles. The summed E-state index contributed by atoms with van der Waals surface area (Å²) in [6.07, 6.45) is 0. The molecule has 0 aliphatic rings. The van der Waals surface area contributed by atoms with E-state index in [2.05, 4.69) is 5.32 Å². The van der Waals surface area contributed by atoms with E-state index in [1.165, 1.54) is 20.2 Å². The molecule has 2 N–H and O–H groups in total. The Bertz CT molecular complexity index is 919. The van der Waals surface area contributed by atoms with Gasteiger partial charge in [-0.3, -0.25) is 4.79 Å². The van der Waals surface area contributed by atoms with Crippen LogP contribution in [0.2, 0.25) is 0 Å². The first-order chi connectivity index (χ1) is 12.5. The van der Waals surface area contributed by atoms with Crippen LogP contribution in [-0.4, -0.2) is 45.8 Å². The fourth-order valence-electron chi connectivity index (χ4n) is 2.58. The van der Waals surface area contributed by atoms with E-state index in [0.29, 0.717) is 12.2 Å². The van der Waals surface area contributed by atoms with E-state index < -0.39 is 10.0 Å². The summed E-state index contributed by atoms with van der Waals surface area (Å²) < 4.78 is 31.4. The Morgan fingerprint density at radius 3 is 2.44 bits per heavy atom. The van der Waals surface area contributed by atoms with E-state index in [0.717, 1.165) is 26.3 Å². The van der Waals surface area contributed by atoms with Gasteiger partial charge in [0.15, 0.2) is 11.8 Å². The second kappa shape index (κ2) is 8.24. The number of anilines is 1. The summed E-state index contributed by atoms with van der Waals surface area (Å²) >= 11 is 0. The molecule has 1 heterocycles. The summed E-state index contributed by atoms with van der Waals surface area (Å²) in [5.74, 6) is 1.47. The summed E-state index contributed by atoms with van der Waals surface area (Å²) in [6.45, 7) is 6.12. The largest absolute Gasteiger partial charge is 0.460 e. The first kappa shape index (κ1) is 21.1. The fraction of sp³-hybridized carbons (Fsp3) is 0.421. The molecule has 2 atom stereocenters. The average Bonchev–Trinajstić information content (AvgIpc) is 3.00. The van der Waals surface area contributed by atoms with Crippen LogP contribution in [0.25, 0.3) is 0 Å². The number of sulfonamides is 1. The molecule has 0 aliphatic carbocycles. The predicted octanol–water partition coefficient (Wildman–Crippen LogP) is 1.19. The molecular formula is C19H28N3O4S+. The van der Waals surface area contributed by atoms with E-state index in [-0.39, 0.29) is 16.8 Å². The lowest BCUT2D eigenvalue weighted by atomic mass is 10.2. The second-order valence-electron chi connectivity index (χ2n) is 7.01. The van der Waals surface area contributed by atoms with Crippen LogP contribution in [0, 0.1) is 13.8 Å². The number of hydrogen-bond acceptors (Lipinski definition) is 4. The lowest BCUT2D eigenvalue weighted by Crippen LogP contribution is -3.12. The smallest absolute Gasteiger partial charge is 0.282 e. The normalized spacial score (nSPS) is 14.2. The molecule has 27 heavy (non-hydrogen) atoms. The first-order valence-corrected chi connectivity index (χ1v) is 10.2. The molecule has 1 amide bonds. The summed E-state index contributed by atoms with van der Waals surface area (Å²) in [4.78, 5) is 13.8. The van der Waals surface area contributed by atoms with Crippen LogP contribution >= 0.6 is 0 Å². The number of carbonyl (C=O) groups excluding carboxylic acids is 1. The van der Waals surface area contributed by atoms with Crippen LogP contribution in [0.5, 0.6) is 0 Å². The molecule has 0 fully saturated rings. The molecule has 1 aromatic heterocycles. The van der Waals surface area contributed by atoms with E-state index in [1.54, 1.807) is 12.1 Å². The van der Waals surface area contributed by atoms with Gasteiger partial charge in [-0.25, -0.2) is 12.7 Å². The number of nitrogens with one attached hydrogen (secondary N) is 2. The molecule has 1 unspecified atom stereocenters. The number of carbonyl (C=O) groups is 1. The maximum Gasteiger partial charge on any atom is 0.282 e. The highest BCUT2D eigenvalue weighted by Gasteiger charge is 2.24. The third kappa shape index (κ3) is 4.97. The number of nitrogens with zero attached hydrogens (tertiary/aromatic N) is 1. The van der Waals surface area contributed by atoms with Gasteiger partial charge in [0.1, 0.15) is 12.3 Å². The van der Waals surface area contributed by atoms with E-state index >= 15 is 0 Å². The van der Waals surface area contributed by atoms with Crippen molar-refractivity contribution in [3.8, 4) is 0 Å². The van der Waals surface area contributed by atoms with Crippen molar-refractivity contribution in [3.63, 3.8) is 0 Å². The van der Waals surface area contributed by atoms with Crippen LogP contribution in [0.3, 0.4) is 0 Å². The molecule has 2 aromatic rings. The van der Waals surface area contributed by atoms with Gasteiger partial charge in [0.05, 0.1) is 11.9 Å². The number of likely N-dealkylation sites (N-methyl/N-ethyl adjacent to an activating group) is 1. The molecule has 0 saturated heterocycles. The van der Waals surface area contributed by atoms with Gasteiger partial charge < -0.3 is 14.6 Å². The highest BCUT2D eigenvalue weighted by molar-refractivity contribution is 7.89. The topological polar surface area (TPSA) is 84.1 Å². The minimum Gasteiger partial charge on any atom is -0.460 e. The van der Waals surface area contributed by atoms with Crippen LogP contribution in [-0.2, 0) is 21.4 Å². The minimum atomic E-state index is -3.56. The maximum atomic E-state index is 12.7. The molecular weight excluding hydrogens is 366 g/mol. The molecule has 2 rings (SSSR count). The van der Waals surface area contributed by atoms with Crippen molar-refractivity contribution in [2.45, 2.75) is 38.3 Å². The summed E-state index contributed by atoms with van der Waals surface area (Å²) in [6, 6.07) is 8.19. The Balaban J connectivity index is 2.14. The van der Waals surface area contributed by atoms with Gasteiger partial charge in [-0.05, 0) is 50.6 Å². The number of aryl methyl sites for hydroxylation is 2. The Morgan fingerprint density at radius 2 is 1.89 bits per heavy atom. The van der Waals surface area contributed by atoms with Crippen molar-refractivity contribution in [1.82, 2.24) is 4.31 Å². The number of quaternary nitrogens is 1. The van der Waals surface area contributed by atoms with Gasteiger partial charge in [0.25, 0.3) is 5.91 Å². The average molecular weight is 395 g/mol. The zero-order chi connectivity index (χ0) is 20.4. The highest BCUT2D eigenvalue weighted by Crippen LogP contribution is 2.22. The van der Waals surface area contributed by atoms with Crippen molar-refractivity contribution >= 4 is 21.6 Å². The molecule has 0 spiro atoms. The number of benzene rings is 1. The Hall–Kier alpha value is -2.16. The second-order valence-corrected chi connectivity index (χ2v) is 9.16. The van der Waals surface area contributed by atoms with E-state index in [1.807, 2.05) is 40.0 Å². The fourth-order valence-corrected chi connectivity index (χ4v) is 3.51. The van der Waals surface area contributed by atoms with Crippen LogP contribution < -0.4 is 10.2 Å². The van der Waals surface area contributed by atoms with Gasteiger partial charge in [-0.15, -0.1) is 0 Å². The monoisotopic (exact) mass is 394 g/mol. The van der Waals surface area contributed by atoms with E-state index in [9.17, 15) is 13.2 Å². The van der Waals surface area contributed by atoms with Gasteiger partial charge in [0.2, 0.25) is 10.0 Å². The Kier molecular flexibility index (Phi) is 6.46. The summed E-state index contributed by atoms with van der Waals surface area (Å²) in [5, 5.41) is 2.86. The van der Waals surface area contributed by atoms with Gasteiger partial charge in [-0.2, -0.15) is 0 Å². The summed E-state index contributed by atoms with van der Waals surface area (Å²) in [7, 11) is 1.31. The minimum absolute atomic E-state index is 0.146. The molecule has 0 radical (unpaired) electrons. The lowest BCUT2D eigenvalue weighted by molar-refractivity contribution is -0.908. The molecule has 7 nitrogen and oxygen atoms in total. The zero-order valence-electron chi connectivity index (χ0n) is 16.7. The van der Waals surface area contributed by atoms with Gasteiger partial charge >= 0.3 is 0 Å². The van der Waals surface area contributed by atoms with Crippen molar-refractivity contribution in [1.29, 1.82) is 0 Å². The summed E-state index contributed by atoms with van der Waals surface area (Å²) in [5.41, 5.74) is 1.30. The number of furan rings is 1. The Labute approximate surface area is 161 Å². The predicted molar refractivity (Wildman–Crippen MR) is 104 cm³/mol. The third-order valence-corrected chi connectivity index (χ3v) is 6.44. The van der Waals surface area contributed by atoms with Crippen molar-refractivity contribution < 1.29 is 22.5 Å². The standard InChI is InChI=1S/C19H27N3O4S/c1-13-7-10-17(27(24,25)21(4)5)11-18(13)20-19(23)15(3)22(6)12-16-9-8-14(2)26-16/h7-11,15H,12H2,1-6H3,(H,20,23)/p+1/t15-/m1/s1. The first-order valence-electron chi connectivity index (χ1n) is 8.74. The lowest BCUT2D eigenvalue weighted by Gasteiger charge is -2.21. The molecule has 1 aromatic carbocycles. The van der Waals surface area contributed by atoms with Crippen molar-refractivity contribution in [2.24, 2.45) is 0 Å². The van der Waals surface area contributed by atoms with Crippen molar-refractivity contribution in [3.05, 3.63) is 47.4 Å². The van der Waals surface area contributed by atoms with Gasteiger partial charge in [-0.1, -0.05) is 6.07 Å². The Morgan fingerprint density at radius 1 is 1.22 bits per heavy atom.